The van der Waals surface area contributed by atoms with Gasteiger partial charge in [0.15, 0.2) is 0 Å². The molecule has 0 aromatic heterocycles. The van der Waals surface area contributed by atoms with Crippen LogP contribution in [0.3, 0.4) is 0 Å². The highest BCUT2D eigenvalue weighted by atomic mass is 35.5. The molecule has 0 bridgehead atoms. The second-order valence-corrected chi connectivity index (χ2v) is 4.96. The maximum Gasteiger partial charge on any atom is 0.239 e. The van der Waals surface area contributed by atoms with Crippen molar-refractivity contribution in [2.24, 2.45) is 0 Å². The van der Waals surface area contributed by atoms with E-state index in [-0.39, 0.29) is 30.4 Å². The Morgan fingerprint density at radius 2 is 2.11 bits per heavy atom. The highest BCUT2D eigenvalue weighted by molar-refractivity contribution is 6.30. The largest absolute Gasteiger partial charge is 0.353 e. The number of piperazine rings is 1. The maximum atomic E-state index is 12.0. The molecule has 102 valence electrons. The number of hydrogen-bond acceptors (Lipinski definition) is 3. The summed E-state index contributed by atoms with van der Waals surface area (Å²) in [7, 11) is 0. The molecule has 0 saturated carbocycles. The molecule has 1 aliphatic rings. The van der Waals surface area contributed by atoms with Gasteiger partial charge in [0.25, 0.3) is 0 Å². The molecular formula is C13H16ClN3O2. The smallest absolute Gasteiger partial charge is 0.239 e. The minimum atomic E-state index is -0.382. The predicted molar refractivity (Wildman–Crippen MR) is 72.8 cm³/mol. The van der Waals surface area contributed by atoms with Crippen molar-refractivity contribution in [2.75, 3.05) is 13.1 Å². The van der Waals surface area contributed by atoms with Gasteiger partial charge in [-0.1, -0.05) is 23.7 Å². The van der Waals surface area contributed by atoms with Crippen molar-refractivity contribution in [3.05, 3.63) is 34.9 Å². The van der Waals surface area contributed by atoms with Crippen LogP contribution in [-0.4, -0.2) is 30.9 Å². The Bertz CT molecular complexity index is 465. The number of halogens is 1. The van der Waals surface area contributed by atoms with Gasteiger partial charge in [-0.05, 0) is 24.6 Å². The zero-order chi connectivity index (χ0) is 13.8. The summed E-state index contributed by atoms with van der Waals surface area (Å²) in [5.74, 6) is -0.211. The van der Waals surface area contributed by atoms with Crippen LogP contribution >= 0.6 is 11.6 Å². The Balaban J connectivity index is 1.91. The molecule has 0 aliphatic carbocycles. The Kier molecular flexibility index (Phi) is 4.39. The van der Waals surface area contributed by atoms with E-state index in [0.29, 0.717) is 11.6 Å². The molecule has 2 unspecified atom stereocenters. The highest BCUT2D eigenvalue weighted by Gasteiger charge is 2.24. The molecule has 2 atom stereocenters. The minimum absolute atomic E-state index is 0.0881. The lowest BCUT2D eigenvalue weighted by Gasteiger charge is -2.25. The third kappa shape index (κ3) is 3.68. The van der Waals surface area contributed by atoms with Crippen LogP contribution in [0.25, 0.3) is 0 Å². The van der Waals surface area contributed by atoms with E-state index in [1.54, 1.807) is 12.1 Å². The van der Waals surface area contributed by atoms with Crippen molar-refractivity contribution >= 4 is 23.4 Å². The normalized spacial score (nSPS) is 20.5. The van der Waals surface area contributed by atoms with Crippen LogP contribution in [0.15, 0.2) is 24.3 Å². The maximum absolute atomic E-state index is 12.0. The van der Waals surface area contributed by atoms with Crippen molar-refractivity contribution in [2.45, 2.75) is 19.0 Å². The number of amides is 2. The fourth-order valence-corrected chi connectivity index (χ4v) is 2.03. The Morgan fingerprint density at radius 3 is 2.68 bits per heavy atom. The van der Waals surface area contributed by atoms with E-state index >= 15 is 0 Å². The van der Waals surface area contributed by atoms with Crippen molar-refractivity contribution in [1.82, 2.24) is 16.0 Å². The topological polar surface area (TPSA) is 70.2 Å². The summed E-state index contributed by atoms with van der Waals surface area (Å²) < 4.78 is 0. The fraction of sp³-hybridized carbons (Fsp3) is 0.385. The highest BCUT2D eigenvalue weighted by Crippen LogP contribution is 2.16. The molecule has 5 nitrogen and oxygen atoms in total. The van der Waals surface area contributed by atoms with Gasteiger partial charge in [-0.3, -0.25) is 14.9 Å². The Labute approximate surface area is 116 Å². The molecule has 2 rings (SSSR count). The summed E-state index contributed by atoms with van der Waals surface area (Å²) in [5, 5.41) is 9.11. The SMILES string of the molecule is CC(NC(=O)C1CNC(=O)CN1)c1ccc(Cl)cc1. The molecule has 1 aliphatic heterocycles. The third-order valence-electron chi connectivity index (χ3n) is 3.06. The number of benzene rings is 1. The summed E-state index contributed by atoms with van der Waals surface area (Å²) in [6.07, 6.45) is 0. The van der Waals surface area contributed by atoms with Gasteiger partial charge in [0.2, 0.25) is 11.8 Å². The van der Waals surface area contributed by atoms with E-state index in [1.165, 1.54) is 0 Å². The summed E-state index contributed by atoms with van der Waals surface area (Å²) >= 11 is 5.82. The molecule has 1 aromatic rings. The van der Waals surface area contributed by atoms with E-state index in [1.807, 2.05) is 19.1 Å². The molecule has 1 saturated heterocycles. The zero-order valence-electron chi connectivity index (χ0n) is 10.6. The van der Waals surface area contributed by atoms with Gasteiger partial charge in [-0.15, -0.1) is 0 Å². The molecule has 1 aromatic carbocycles. The molecule has 1 heterocycles. The van der Waals surface area contributed by atoms with Gasteiger partial charge in [0.1, 0.15) is 6.04 Å². The van der Waals surface area contributed by atoms with Crippen LogP contribution < -0.4 is 16.0 Å². The summed E-state index contributed by atoms with van der Waals surface area (Å²) in [6, 6.07) is 6.85. The second-order valence-electron chi connectivity index (χ2n) is 4.52. The molecule has 3 N–H and O–H groups in total. The molecule has 6 heteroatoms. The quantitative estimate of drug-likeness (QED) is 0.760. The number of carbonyl (C=O) groups is 2. The molecular weight excluding hydrogens is 266 g/mol. The lowest BCUT2D eigenvalue weighted by Crippen LogP contribution is -2.58. The summed E-state index contributed by atoms with van der Waals surface area (Å²) in [6.45, 7) is 2.40. The number of nitrogens with one attached hydrogen (secondary N) is 3. The average Bonchev–Trinajstić information content (AvgIpc) is 2.40. The number of carbonyl (C=O) groups excluding carboxylic acids is 2. The molecule has 0 radical (unpaired) electrons. The molecule has 2 amide bonds. The van der Waals surface area contributed by atoms with Gasteiger partial charge in [0, 0.05) is 11.6 Å². The van der Waals surface area contributed by atoms with E-state index < -0.39 is 0 Å². The average molecular weight is 282 g/mol. The second kappa shape index (κ2) is 6.04. The van der Waals surface area contributed by atoms with E-state index in [9.17, 15) is 9.59 Å². The first-order valence-electron chi connectivity index (χ1n) is 6.12. The molecule has 19 heavy (non-hydrogen) atoms. The lowest BCUT2D eigenvalue weighted by molar-refractivity contribution is -0.127. The van der Waals surface area contributed by atoms with Crippen LogP contribution in [-0.2, 0) is 9.59 Å². The number of rotatable bonds is 3. The molecule has 0 spiro atoms. The summed E-state index contributed by atoms with van der Waals surface area (Å²) in [4.78, 5) is 23.0. The van der Waals surface area contributed by atoms with Crippen molar-refractivity contribution < 1.29 is 9.59 Å². The zero-order valence-corrected chi connectivity index (χ0v) is 11.3. The van der Waals surface area contributed by atoms with Gasteiger partial charge in [0.05, 0.1) is 12.6 Å². The van der Waals surface area contributed by atoms with Crippen LogP contribution in [0.1, 0.15) is 18.5 Å². The predicted octanol–water partition coefficient (Wildman–Crippen LogP) is 0.605. The van der Waals surface area contributed by atoms with E-state index in [4.69, 9.17) is 11.6 Å². The van der Waals surface area contributed by atoms with Crippen LogP contribution in [0, 0.1) is 0 Å². The van der Waals surface area contributed by atoms with Crippen molar-refractivity contribution in [3.63, 3.8) is 0 Å². The van der Waals surface area contributed by atoms with Gasteiger partial charge >= 0.3 is 0 Å². The van der Waals surface area contributed by atoms with Crippen LogP contribution in [0.2, 0.25) is 5.02 Å². The van der Waals surface area contributed by atoms with Gasteiger partial charge in [-0.2, -0.15) is 0 Å². The fourth-order valence-electron chi connectivity index (χ4n) is 1.90. The van der Waals surface area contributed by atoms with Crippen molar-refractivity contribution in [3.8, 4) is 0 Å². The first kappa shape index (κ1) is 13.8. The van der Waals surface area contributed by atoms with E-state index in [2.05, 4.69) is 16.0 Å². The summed E-state index contributed by atoms with van der Waals surface area (Å²) in [5.41, 5.74) is 0.984. The van der Waals surface area contributed by atoms with E-state index in [0.717, 1.165) is 5.56 Å². The van der Waals surface area contributed by atoms with Crippen LogP contribution in [0.4, 0.5) is 0 Å². The lowest BCUT2D eigenvalue weighted by atomic mass is 10.1. The minimum Gasteiger partial charge on any atom is -0.353 e. The Morgan fingerprint density at radius 1 is 1.42 bits per heavy atom. The van der Waals surface area contributed by atoms with Gasteiger partial charge < -0.3 is 10.6 Å². The van der Waals surface area contributed by atoms with Crippen molar-refractivity contribution in [1.29, 1.82) is 0 Å². The third-order valence-corrected chi connectivity index (χ3v) is 3.31. The first-order chi connectivity index (χ1) is 9.06. The first-order valence-corrected chi connectivity index (χ1v) is 6.50. The number of hydrogen-bond donors (Lipinski definition) is 3. The standard InChI is InChI=1S/C13H16ClN3O2/c1-8(9-2-4-10(14)5-3-9)17-13(19)11-6-16-12(18)7-15-11/h2-5,8,11,15H,6-7H2,1H3,(H,16,18)(H,17,19). The van der Waals surface area contributed by atoms with Gasteiger partial charge in [-0.25, -0.2) is 0 Å². The molecule has 1 fully saturated rings. The Hall–Kier alpha value is -1.59. The monoisotopic (exact) mass is 281 g/mol. The van der Waals surface area contributed by atoms with Crippen LogP contribution in [0.5, 0.6) is 0 Å².